The maximum atomic E-state index is 11.1. The molecule has 1 unspecified atom stereocenters. The quantitative estimate of drug-likeness (QED) is 0.206. The molecule has 2 aromatic carbocycles. The van der Waals surface area contributed by atoms with Gasteiger partial charge in [0.25, 0.3) is 0 Å². The van der Waals surface area contributed by atoms with Gasteiger partial charge in [0.2, 0.25) is 0 Å². The molecule has 34 heavy (non-hydrogen) atoms. The van der Waals surface area contributed by atoms with E-state index in [1.807, 2.05) is 36.4 Å². The van der Waals surface area contributed by atoms with Gasteiger partial charge in [-0.2, -0.15) is 0 Å². The Hall–Kier alpha value is -2.37. The van der Waals surface area contributed by atoms with Crippen molar-refractivity contribution in [2.45, 2.75) is 77.9 Å². The first-order valence-electron chi connectivity index (χ1n) is 12.8. The van der Waals surface area contributed by atoms with Crippen LogP contribution in [-0.2, 0) is 9.47 Å². The summed E-state index contributed by atoms with van der Waals surface area (Å²) in [6, 6.07) is 14.8. The molecule has 0 bridgehead atoms. The molecule has 1 heterocycles. The van der Waals surface area contributed by atoms with Crippen molar-refractivity contribution >= 4 is 5.97 Å². The SMILES string of the molecule is CCCCCCCCCCC(OCC1(C)COC1)Oc1ccc(-c2ccc(C(=O)O)cc2)cc1. The zero-order valence-corrected chi connectivity index (χ0v) is 20.8. The molecule has 0 aliphatic carbocycles. The zero-order chi connectivity index (χ0) is 24.2. The Morgan fingerprint density at radius 3 is 2.00 bits per heavy atom. The second kappa shape index (κ2) is 13.5. The molecule has 0 radical (unpaired) electrons. The molecule has 1 aliphatic heterocycles. The molecule has 5 nitrogen and oxygen atoms in total. The zero-order valence-electron chi connectivity index (χ0n) is 20.8. The van der Waals surface area contributed by atoms with E-state index in [2.05, 4.69) is 13.8 Å². The number of hydrogen-bond acceptors (Lipinski definition) is 4. The summed E-state index contributed by atoms with van der Waals surface area (Å²) in [6.07, 6.45) is 10.8. The first kappa shape index (κ1) is 26.2. The Morgan fingerprint density at radius 1 is 0.912 bits per heavy atom. The van der Waals surface area contributed by atoms with Crippen molar-refractivity contribution in [3.8, 4) is 16.9 Å². The molecule has 1 aliphatic rings. The molecule has 2 aromatic rings. The van der Waals surface area contributed by atoms with E-state index in [0.29, 0.717) is 6.61 Å². The van der Waals surface area contributed by atoms with Gasteiger partial charge in [0.05, 0.1) is 25.4 Å². The highest BCUT2D eigenvalue weighted by Crippen LogP contribution is 2.29. The lowest BCUT2D eigenvalue weighted by atomic mass is 9.90. The van der Waals surface area contributed by atoms with E-state index >= 15 is 0 Å². The lowest BCUT2D eigenvalue weighted by molar-refractivity contribution is -0.179. The summed E-state index contributed by atoms with van der Waals surface area (Å²) in [5.41, 5.74) is 2.37. The lowest BCUT2D eigenvalue weighted by Gasteiger charge is -2.38. The first-order valence-corrected chi connectivity index (χ1v) is 12.8. The Kier molecular flexibility index (Phi) is 10.4. The third-order valence-corrected chi connectivity index (χ3v) is 6.40. The second-order valence-electron chi connectivity index (χ2n) is 9.83. The third kappa shape index (κ3) is 8.44. The van der Waals surface area contributed by atoms with Crippen LogP contribution in [0.4, 0.5) is 0 Å². The van der Waals surface area contributed by atoms with Gasteiger partial charge in [-0.05, 0) is 41.8 Å². The molecule has 1 fully saturated rings. The summed E-state index contributed by atoms with van der Waals surface area (Å²) in [5.74, 6) is -0.134. The number of carboxylic acids is 1. The van der Waals surface area contributed by atoms with E-state index in [9.17, 15) is 4.79 Å². The Balaban J connectivity index is 1.51. The molecule has 1 N–H and O–H groups in total. The summed E-state index contributed by atoms with van der Waals surface area (Å²) in [7, 11) is 0. The van der Waals surface area contributed by atoms with E-state index in [-0.39, 0.29) is 17.3 Å². The van der Waals surface area contributed by atoms with Gasteiger partial charge in [0.15, 0.2) is 6.29 Å². The fourth-order valence-corrected chi connectivity index (χ4v) is 4.13. The lowest BCUT2D eigenvalue weighted by Crippen LogP contribution is -2.44. The smallest absolute Gasteiger partial charge is 0.335 e. The Labute approximate surface area is 204 Å². The minimum absolute atomic E-state index is 0.0901. The minimum atomic E-state index is -0.917. The topological polar surface area (TPSA) is 65.0 Å². The highest BCUT2D eigenvalue weighted by Gasteiger charge is 2.34. The molecular formula is C29H40O5. The molecule has 0 aromatic heterocycles. The van der Waals surface area contributed by atoms with Crippen LogP contribution < -0.4 is 4.74 Å². The number of carboxylic acid groups (broad SMARTS) is 1. The molecule has 0 amide bonds. The van der Waals surface area contributed by atoms with Crippen LogP contribution >= 0.6 is 0 Å². The number of carbonyl (C=O) groups is 1. The van der Waals surface area contributed by atoms with Crippen molar-refractivity contribution < 1.29 is 24.1 Å². The van der Waals surface area contributed by atoms with Crippen molar-refractivity contribution in [3.63, 3.8) is 0 Å². The van der Waals surface area contributed by atoms with Crippen LogP contribution in [0.2, 0.25) is 0 Å². The largest absolute Gasteiger partial charge is 0.478 e. The van der Waals surface area contributed by atoms with Crippen molar-refractivity contribution in [1.82, 2.24) is 0 Å². The van der Waals surface area contributed by atoms with Crippen LogP contribution in [0.15, 0.2) is 48.5 Å². The third-order valence-electron chi connectivity index (χ3n) is 6.40. The van der Waals surface area contributed by atoms with Gasteiger partial charge in [0, 0.05) is 11.8 Å². The molecular weight excluding hydrogens is 428 g/mol. The normalized spacial score (nSPS) is 15.5. The molecule has 1 atom stereocenters. The fourth-order valence-electron chi connectivity index (χ4n) is 4.13. The highest BCUT2D eigenvalue weighted by molar-refractivity contribution is 5.88. The summed E-state index contributed by atoms with van der Waals surface area (Å²) in [5, 5.41) is 9.08. The van der Waals surface area contributed by atoms with E-state index in [1.165, 1.54) is 44.9 Å². The number of ether oxygens (including phenoxy) is 3. The van der Waals surface area contributed by atoms with Crippen molar-refractivity contribution in [2.75, 3.05) is 19.8 Å². The average Bonchev–Trinajstić information content (AvgIpc) is 2.83. The summed E-state index contributed by atoms with van der Waals surface area (Å²) >= 11 is 0. The van der Waals surface area contributed by atoms with Gasteiger partial charge in [-0.25, -0.2) is 4.79 Å². The molecule has 186 valence electrons. The van der Waals surface area contributed by atoms with Gasteiger partial charge >= 0.3 is 5.97 Å². The number of hydrogen-bond donors (Lipinski definition) is 1. The second-order valence-corrected chi connectivity index (χ2v) is 9.83. The van der Waals surface area contributed by atoms with Crippen LogP contribution in [0.1, 0.15) is 82.0 Å². The minimum Gasteiger partial charge on any atom is -0.478 e. The molecule has 0 spiro atoms. The molecule has 0 saturated carbocycles. The van der Waals surface area contributed by atoms with Gasteiger partial charge in [-0.1, -0.05) is 83.1 Å². The Morgan fingerprint density at radius 2 is 1.47 bits per heavy atom. The van der Waals surface area contributed by atoms with Gasteiger partial charge in [-0.3, -0.25) is 0 Å². The van der Waals surface area contributed by atoms with E-state index in [0.717, 1.165) is 42.9 Å². The predicted molar refractivity (Wildman–Crippen MR) is 135 cm³/mol. The number of benzene rings is 2. The number of aromatic carboxylic acids is 1. The molecule has 3 rings (SSSR count). The molecule has 1 saturated heterocycles. The average molecular weight is 469 g/mol. The van der Waals surface area contributed by atoms with Gasteiger partial charge in [-0.15, -0.1) is 0 Å². The highest BCUT2D eigenvalue weighted by atomic mass is 16.7. The summed E-state index contributed by atoms with van der Waals surface area (Å²) < 4.78 is 17.8. The van der Waals surface area contributed by atoms with E-state index in [4.69, 9.17) is 19.3 Å². The fraction of sp³-hybridized carbons (Fsp3) is 0.552. The van der Waals surface area contributed by atoms with Crippen LogP contribution in [0.25, 0.3) is 11.1 Å². The standard InChI is InChI=1S/C29H40O5/c1-3-4-5-6-7-8-9-10-11-27(33-22-29(2)20-32-21-29)34-26-18-16-24(17-19-26)23-12-14-25(15-13-23)28(30)31/h12-19,27H,3-11,20-22H2,1-2H3,(H,30,31). The van der Waals surface area contributed by atoms with Crippen molar-refractivity contribution in [2.24, 2.45) is 5.41 Å². The van der Waals surface area contributed by atoms with E-state index < -0.39 is 5.97 Å². The maximum absolute atomic E-state index is 11.1. The predicted octanol–water partition coefficient (Wildman–Crippen LogP) is 7.34. The van der Waals surface area contributed by atoms with Crippen LogP contribution in [0, 0.1) is 5.41 Å². The Bertz CT molecular complexity index is 855. The van der Waals surface area contributed by atoms with Crippen LogP contribution in [-0.4, -0.2) is 37.2 Å². The summed E-state index contributed by atoms with van der Waals surface area (Å²) in [4.78, 5) is 11.1. The van der Waals surface area contributed by atoms with Gasteiger partial charge in [0.1, 0.15) is 5.75 Å². The molecule has 5 heteroatoms. The van der Waals surface area contributed by atoms with Gasteiger partial charge < -0.3 is 19.3 Å². The van der Waals surface area contributed by atoms with Crippen LogP contribution in [0.3, 0.4) is 0 Å². The maximum Gasteiger partial charge on any atom is 0.335 e. The number of unbranched alkanes of at least 4 members (excludes halogenated alkanes) is 7. The van der Waals surface area contributed by atoms with E-state index in [1.54, 1.807) is 12.1 Å². The van der Waals surface area contributed by atoms with Crippen LogP contribution in [0.5, 0.6) is 5.75 Å². The van der Waals surface area contributed by atoms with Crippen molar-refractivity contribution in [3.05, 3.63) is 54.1 Å². The first-order chi connectivity index (χ1) is 16.5. The summed E-state index contributed by atoms with van der Waals surface area (Å²) in [6.45, 7) is 6.57. The number of rotatable bonds is 16. The monoisotopic (exact) mass is 468 g/mol. The van der Waals surface area contributed by atoms with Crippen molar-refractivity contribution in [1.29, 1.82) is 0 Å².